The molecule has 0 aliphatic carbocycles. The number of hydrogen-bond acceptors (Lipinski definition) is 5. The molecule has 0 aromatic heterocycles. The number of amides is 2. The molecule has 2 amide bonds. The summed E-state index contributed by atoms with van der Waals surface area (Å²) in [5.41, 5.74) is 6.56. The molecule has 3 aliphatic rings. The molecule has 2 fully saturated rings. The molecule has 0 radical (unpaired) electrons. The van der Waals surface area contributed by atoms with Gasteiger partial charge in [0.1, 0.15) is 12.2 Å². The molecule has 1 aromatic rings. The van der Waals surface area contributed by atoms with Crippen molar-refractivity contribution in [2.24, 2.45) is 0 Å². The SMILES string of the molecule is CC.CCCCC1CN(CC(=O)N2CCOC(C)C2)C(=O)C2=CC(c3ccc(C)cc3)NN21. The average molecular weight is 457 g/mol. The monoisotopic (exact) mass is 456 g/mol. The van der Waals surface area contributed by atoms with Crippen LogP contribution in [0.2, 0.25) is 0 Å². The van der Waals surface area contributed by atoms with E-state index in [1.165, 1.54) is 5.56 Å². The summed E-state index contributed by atoms with van der Waals surface area (Å²) in [6, 6.07) is 8.54. The minimum absolute atomic E-state index is 0.00725. The van der Waals surface area contributed by atoms with Gasteiger partial charge in [0.25, 0.3) is 5.91 Å². The fourth-order valence-electron chi connectivity index (χ4n) is 4.60. The van der Waals surface area contributed by atoms with Gasteiger partial charge in [0.05, 0.1) is 24.8 Å². The minimum Gasteiger partial charge on any atom is -0.375 e. The summed E-state index contributed by atoms with van der Waals surface area (Å²) < 4.78 is 5.55. The number of benzene rings is 1. The number of hydrazine groups is 1. The van der Waals surface area contributed by atoms with Gasteiger partial charge in [-0.15, -0.1) is 0 Å². The number of carbonyl (C=O) groups is 2. The van der Waals surface area contributed by atoms with E-state index in [0.29, 0.717) is 31.9 Å². The number of aryl methyl sites for hydroxylation is 1. The molecule has 1 N–H and O–H groups in total. The molecule has 3 heterocycles. The first kappa shape index (κ1) is 25.2. The Morgan fingerprint density at radius 2 is 1.91 bits per heavy atom. The first-order chi connectivity index (χ1) is 16.0. The molecule has 7 nitrogen and oxygen atoms in total. The van der Waals surface area contributed by atoms with E-state index in [9.17, 15) is 9.59 Å². The molecule has 3 unspecified atom stereocenters. The average Bonchev–Trinajstić information content (AvgIpc) is 3.28. The first-order valence-corrected chi connectivity index (χ1v) is 12.5. The van der Waals surface area contributed by atoms with E-state index >= 15 is 0 Å². The molecular weight excluding hydrogens is 416 g/mol. The largest absolute Gasteiger partial charge is 0.375 e. The molecular formula is C26H40N4O3. The van der Waals surface area contributed by atoms with Gasteiger partial charge in [-0.25, -0.2) is 5.43 Å². The number of hydrogen-bond donors (Lipinski definition) is 1. The maximum absolute atomic E-state index is 13.3. The molecule has 2 saturated heterocycles. The molecule has 1 aromatic carbocycles. The molecule has 3 aliphatic heterocycles. The third-order valence-electron chi connectivity index (χ3n) is 6.41. The van der Waals surface area contributed by atoms with Crippen molar-refractivity contribution in [2.45, 2.75) is 72.1 Å². The Kier molecular flexibility index (Phi) is 8.92. The van der Waals surface area contributed by atoms with Crippen molar-refractivity contribution in [2.75, 3.05) is 32.8 Å². The smallest absolute Gasteiger partial charge is 0.271 e. The lowest BCUT2D eigenvalue weighted by Gasteiger charge is -2.42. The number of rotatable bonds is 6. The summed E-state index contributed by atoms with van der Waals surface area (Å²) in [4.78, 5) is 29.8. The Labute approximate surface area is 198 Å². The van der Waals surface area contributed by atoms with Crippen LogP contribution >= 0.6 is 0 Å². The molecule has 0 saturated carbocycles. The normalized spacial score (nSPS) is 24.8. The van der Waals surface area contributed by atoms with Gasteiger partial charge in [0.15, 0.2) is 0 Å². The van der Waals surface area contributed by atoms with Crippen LogP contribution in [0.3, 0.4) is 0 Å². The number of morpholine rings is 1. The summed E-state index contributed by atoms with van der Waals surface area (Å²) >= 11 is 0. The third-order valence-corrected chi connectivity index (χ3v) is 6.41. The van der Waals surface area contributed by atoms with E-state index in [2.05, 4.69) is 48.5 Å². The number of piperazine rings is 1. The van der Waals surface area contributed by atoms with E-state index in [-0.39, 0.29) is 36.5 Å². The second kappa shape index (κ2) is 11.7. The Morgan fingerprint density at radius 3 is 2.58 bits per heavy atom. The zero-order valence-corrected chi connectivity index (χ0v) is 20.8. The second-order valence-electron chi connectivity index (χ2n) is 8.94. The maximum atomic E-state index is 13.3. The number of nitrogens with one attached hydrogen (secondary N) is 1. The predicted molar refractivity (Wildman–Crippen MR) is 130 cm³/mol. The van der Waals surface area contributed by atoms with E-state index < -0.39 is 0 Å². The summed E-state index contributed by atoms with van der Waals surface area (Å²) in [5.74, 6) is -0.0580. The van der Waals surface area contributed by atoms with Crippen LogP contribution in [0.1, 0.15) is 64.1 Å². The van der Waals surface area contributed by atoms with Gasteiger partial charge in [0.2, 0.25) is 5.91 Å². The lowest BCUT2D eigenvalue weighted by atomic mass is 10.0. The highest BCUT2D eigenvalue weighted by Gasteiger charge is 2.41. The molecule has 3 atom stereocenters. The van der Waals surface area contributed by atoms with E-state index in [1.54, 1.807) is 4.90 Å². The Morgan fingerprint density at radius 1 is 1.18 bits per heavy atom. The van der Waals surface area contributed by atoms with Gasteiger partial charge >= 0.3 is 0 Å². The van der Waals surface area contributed by atoms with Crippen molar-refractivity contribution in [3.63, 3.8) is 0 Å². The minimum atomic E-state index is -0.0653. The summed E-state index contributed by atoms with van der Waals surface area (Å²) in [6.45, 7) is 12.7. The van der Waals surface area contributed by atoms with Gasteiger partial charge in [-0.1, -0.05) is 63.4 Å². The van der Waals surface area contributed by atoms with Gasteiger partial charge in [-0.3, -0.25) is 14.6 Å². The Hall–Kier alpha value is -2.38. The highest BCUT2D eigenvalue weighted by atomic mass is 16.5. The van der Waals surface area contributed by atoms with Crippen molar-refractivity contribution in [3.05, 3.63) is 47.2 Å². The standard InChI is InChI=1S/C24H34N4O3.C2H6/c1-4-5-6-20-15-27(16-23(29)26-11-12-31-18(3)14-26)24(30)22-13-21(25-28(20)22)19-9-7-17(2)8-10-19;1-2/h7-10,13,18,20-21,25H,4-6,11-12,14-16H2,1-3H3;1-2H3. The summed E-state index contributed by atoms with van der Waals surface area (Å²) in [6.07, 6.45) is 5.22. The number of nitrogens with zero attached hydrogens (tertiary/aromatic N) is 3. The van der Waals surface area contributed by atoms with Crippen molar-refractivity contribution in [1.82, 2.24) is 20.2 Å². The molecule has 182 valence electrons. The summed E-state index contributed by atoms with van der Waals surface area (Å²) in [7, 11) is 0. The zero-order valence-electron chi connectivity index (χ0n) is 20.8. The number of ether oxygens (including phenoxy) is 1. The predicted octanol–water partition coefficient (Wildman–Crippen LogP) is 3.41. The Bertz CT molecular complexity index is 838. The highest BCUT2D eigenvalue weighted by molar-refractivity contribution is 5.96. The van der Waals surface area contributed by atoms with Crippen LogP contribution in [0.15, 0.2) is 36.0 Å². The topological polar surface area (TPSA) is 65.1 Å². The fourth-order valence-corrected chi connectivity index (χ4v) is 4.60. The molecule has 4 rings (SSSR count). The fraction of sp³-hybridized carbons (Fsp3) is 0.615. The van der Waals surface area contributed by atoms with E-state index in [1.807, 2.05) is 31.7 Å². The highest BCUT2D eigenvalue weighted by Crippen LogP contribution is 2.32. The lowest BCUT2D eigenvalue weighted by molar-refractivity contribution is -0.146. The zero-order chi connectivity index (χ0) is 24.0. The van der Waals surface area contributed by atoms with Crippen LogP contribution in [0.25, 0.3) is 0 Å². The van der Waals surface area contributed by atoms with Crippen molar-refractivity contribution in [3.8, 4) is 0 Å². The van der Waals surface area contributed by atoms with E-state index in [4.69, 9.17) is 4.74 Å². The van der Waals surface area contributed by atoms with Crippen molar-refractivity contribution < 1.29 is 14.3 Å². The van der Waals surface area contributed by atoms with Crippen molar-refractivity contribution >= 4 is 11.8 Å². The first-order valence-electron chi connectivity index (χ1n) is 12.5. The quantitative estimate of drug-likeness (QED) is 0.711. The second-order valence-corrected chi connectivity index (χ2v) is 8.94. The Balaban J connectivity index is 0.00000149. The van der Waals surface area contributed by atoms with E-state index in [0.717, 1.165) is 24.8 Å². The van der Waals surface area contributed by atoms with Crippen LogP contribution in [-0.4, -0.2) is 71.6 Å². The molecule has 7 heteroatoms. The summed E-state index contributed by atoms with van der Waals surface area (Å²) in [5, 5.41) is 2.06. The van der Waals surface area contributed by atoms with Crippen LogP contribution in [-0.2, 0) is 14.3 Å². The van der Waals surface area contributed by atoms with Crippen LogP contribution in [0, 0.1) is 6.92 Å². The molecule has 0 bridgehead atoms. The van der Waals surface area contributed by atoms with Gasteiger partial charge in [-0.2, -0.15) is 0 Å². The van der Waals surface area contributed by atoms with Crippen LogP contribution < -0.4 is 5.43 Å². The molecule has 33 heavy (non-hydrogen) atoms. The number of carbonyl (C=O) groups excluding carboxylic acids is 2. The van der Waals surface area contributed by atoms with Crippen molar-refractivity contribution in [1.29, 1.82) is 0 Å². The van der Waals surface area contributed by atoms with Gasteiger partial charge in [-0.05, 0) is 31.9 Å². The number of unbranched alkanes of at least 4 members (excludes halogenated alkanes) is 1. The van der Waals surface area contributed by atoms with Gasteiger partial charge < -0.3 is 14.5 Å². The number of fused-ring (bicyclic) bond motifs is 1. The molecule has 0 spiro atoms. The van der Waals surface area contributed by atoms with Gasteiger partial charge in [0, 0.05) is 19.6 Å². The van der Waals surface area contributed by atoms with Crippen LogP contribution in [0.4, 0.5) is 0 Å². The lowest BCUT2D eigenvalue weighted by Crippen LogP contribution is -2.59. The third kappa shape index (κ3) is 5.95. The van der Waals surface area contributed by atoms with Crippen LogP contribution in [0.5, 0.6) is 0 Å². The maximum Gasteiger partial charge on any atom is 0.271 e.